The first-order valence-corrected chi connectivity index (χ1v) is 10.8. The van der Waals surface area contributed by atoms with Crippen LogP contribution >= 0.6 is 0 Å². The summed E-state index contributed by atoms with van der Waals surface area (Å²) in [5.74, 6) is 1.16. The Bertz CT molecular complexity index is 1110. The van der Waals surface area contributed by atoms with Crippen LogP contribution in [0.2, 0.25) is 0 Å². The van der Waals surface area contributed by atoms with Crippen LogP contribution in [0, 0.1) is 6.92 Å². The first kappa shape index (κ1) is 16.4. The second-order valence-corrected chi connectivity index (χ2v) is 8.87. The Labute approximate surface area is 166 Å². The molecule has 3 aromatic rings. The van der Waals surface area contributed by atoms with Crippen LogP contribution in [0.5, 0.6) is 0 Å². The summed E-state index contributed by atoms with van der Waals surface area (Å²) in [4.78, 5) is 7.73. The van der Waals surface area contributed by atoms with Crippen LogP contribution in [0.25, 0.3) is 17.2 Å². The van der Waals surface area contributed by atoms with Crippen molar-refractivity contribution in [2.24, 2.45) is 0 Å². The zero-order valence-corrected chi connectivity index (χ0v) is 16.8. The van der Waals surface area contributed by atoms with Gasteiger partial charge in [-0.1, -0.05) is 49.6 Å². The molecule has 1 spiro atoms. The van der Waals surface area contributed by atoms with Gasteiger partial charge >= 0.3 is 0 Å². The van der Waals surface area contributed by atoms with Crippen LogP contribution < -0.4 is 4.90 Å². The van der Waals surface area contributed by atoms with Crippen LogP contribution in [0.15, 0.2) is 42.5 Å². The van der Waals surface area contributed by atoms with E-state index in [-0.39, 0.29) is 5.41 Å². The first-order chi connectivity index (χ1) is 13.7. The van der Waals surface area contributed by atoms with Gasteiger partial charge in [-0.2, -0.15) is 0 Å². The maximum Gasteiger partial charge on any atom is 0.117 e. The van der Waals surface area contributed by atoms with E-state index in [1.165, 1.54) is 54.6 Å². The van der Waals surface area contributed by atoms with Crippen molar-refractivity contribution in [3.63, 3.8) is 0 Å². The van der Waals surface area contributed by atoms with E-state index in [2.05, 4.69) is 72.0 Å². The van der Waals surface area contributed by atoms with Crippen LogP contribution in [0.1, 0.15) is 56.0 Å². The minimum atomic E-state index is 0.284. The summed E-state index contributed by atoms with van der Waals surface area (Å²) in [6.07, 6.45) is 12.0. The lowest BCUT2D eigenvalue weighted by atomic mass is 9.67. The number of hydrogen-bond acceptors (Lipinski definition) is 2. The van der Waals surface area contributed by atoms with Gasteiger partial charge in [-0.15, -0.1) is 0 Å². The molecule has 3 heteroatoms. The van der Waals surface area contributed by atoms with Crippen LogP contribution in [-0.4, -0.2) is 15.6 Å². The molecule has 0 amide bonds. The first-order valence-electron chi connectivity index (χ1n) is 10.8. The zero-order chi connectivity index (χ0) is 18.9. The highest BCUT2D eigenvalue weighted by Crippen LogP contribution is 2.56. The molecule has 6 rings (SSSR count). The minimum Gasteiger partial charge on any atom is -0.335 e. The molecule has 28 heavy (non-hydrogen) atoms. The number of allylic oxidation sites excluding steroid dienone is 1. The lowest BCUT2D eigenvalue weighted by Gasteiger charge is -2.40. The average Bonchev–Trinajstić information content (AvgIpc) is 3.37. The molecule has 3 aliphatic rings. The third-order valence-electron chi connectivity index (χ3n) is 7.54. The number of hydrogen-bond donors (Lipinski definition) is 0. The predicted molar refractivity (Wildman–Crippen MR) is 116 cm³/mol. The summed E-state index contributed by atoms with van der Waals surface area (Å²) in [6, 6.07) is 14.1. The highest BCUT2D eigenvalue weighted by Gasteiger charge is 2.49. The Morgan fingerprint density at radius 3 is 2.71 bits per heavy atom. The number of nitrogens with zero attached hydrogens (tertiary/aromatic N) is 3. The van der Waals surface area contributed by atoms with Gasteiger partial charge in [0.1, 0.15) is 11.3 Å². The second kappa shape index (κ2) is 5.73. The largest absolute Gasteiger partial charge is 0.335 e. The summed E-state index contributed by atoms with van der Waals surface area (Å²) in [7, 11) is 0. The fraction of sp³-hybridized carbons (Fsp3) is 0.400. The van der Waals surface area contributed by atoms with E-state index in [0.29, 0.717) is 6.04 Å². The van der Waals surface area contributed by atoms with Crippen molar-refractivity contribution in [2.45, 2.75) is 63.8 Å². The van der Waals surface area contributed by atoms with Gasteiger partial charge in [0.25, 0.3) is 0 Å². The second-order valence-electron chi connectivity index (χ2n) is 8.87. The van der Waals surface area contributed by atoms with Crippen molar-refractivity contribution in [1.82, 2.24) is 9.55 Å². The van der Waals surface area contributed by atoms with Gasteiger partial charge in [-0.3, -0.25) is 0 Å². The summed E-state index contributed by atoms with van der Waals surface area (Å²) in [6.45, 7) is 4.70. The Morgan fingerprint density at radius 1 is 1.04 bits per heavy atom. The number of rotatable bonds is 1. The number of fused-ring (bicyclic) bond motifs is 5. The topological polar surface area (TPSA) is 21.1 Å². The van der Waals surface area contributed by atoms with Crippen molar-refractivity contribution >= 4 is 28.6 Å². The fourth-order valence-corrected chi connectivity index (χ4v) is 6.14. The van der Waals surface area contributed by atoms with Gasteiger partial charge in [0.05, 0.1) is 11.2 Å². The monoisotopic (exact) mass is 369 g/mol. The normalized spacial score (nSPS) is 22.2. The molecule has 0 saturated heterocycles. The molecule has 0 bridgehead atoms. The van der Waals surface area contributed by atoms with E-state index < -0.39 is 0 Å². The Kier molecular flexibility index (Phi) is 3.36. The molecule has 0 N–H and O–H groups in total. The van der Waals surface area contributed by atoms with Crippen molar-refractivity contribution in [1.29, 1.82) is 0 Å². The molecule has 3 nitrogen and oxygen atoms in total. The number of imidazole rings is 1. The number of anilines is 2. The maximum atomic E-state index is 5.10. The highest BCUT2D eigenvalue weighted by atomic mass is 15.2. The maximum absolute atomic E-state index is 5.10. The molecule has 142 valence electrons. The van der Waals surface area contributed by atoms with Crippen LogP contribution in [0.4, 0.5) is 11.4 Å². The Balaban J connectivity index is 1.61. The van der Waals surface area contributed by atoms with Gasteiger partial charge in [0, 0.05) is 29.8 Å². The number of para-hydroxylation sites is 1. The van der Waals surface area contributed by atoms with E-state index in [1.54, 1.807) is 5.56 Å². The molecule has 1 aromatic heterocycles. The summed E-state index contributed by atoms with van der Waals surface area (Å²) in [5.41, 5.74) is 8.28. The summed E-state index contributed by atoms with van der Waals surface area (Å²) >= 11 is 0. The molecule has 1 saturated carbocycles. The Morgan fingerprint density at radius 2 is 1.86 bits per heavy atom. The Hall–Kier alpha value is -2.55. The molecule has 2 aliphatic heterocycles. The van der Waals surface area contributed by atoms with Crippen molar-refractivity contribution in [3.8, 4) is 0 Å². The van der Waals surface area contributed by atoms with E-state index >= 15 is 0 Å². The lowest BCUT2D eigenvalue weighted by Crippen LogP contribution is -2.42. The SMILES string of the molecule is Cc1ccc2c(nc3n2C=CC3)c1N1c2ccccc2C2(CCCCC2)C1C. The van der Waals surface area contributed by atoms with Crippen LogP contribution in [-0.2, 0) is 11.8 Å². The van der Waals surface area contributed by atoms with Crippen LogP contribution in [0.3, 0.4) is 0 Å². The number of aryl methyl sites for hydroxylation is 1. The molecule has 1 unspecified atom stereocenters. The molecular weight excluding hydrogens is 342 g/mol. The average molecular weight is 370 g/mol. The summed E-state index contributed by atoms with van der Waals surface area (Å²) < 4.78 is 2.27. The van der Waals surface area contributed by atoms with Gasteiger partial charge in [-0.05, 0) is 49.9 Å². The van der Waals surface area contributed by atoms with E-state index in [0.717, 1.165) is 17.8 Å². The van der Waals surface area contributed by atoms with Gasteiger partial charge in [0.2, 0.25) is 0 Å². The molecule has 1 fully saturated rings. The molecule has 0 radical (unpaired) electrons. The van der Waals surface area contributed by atoms with E-state index in [4.69, 9.17) is 4.98 Å². The van der Waals surface area contributed by atoms with E-state index in [1.807, 2.05) is 0 Å². The third-order valence-corrected chi connectivity index (χ3v) is 7.54. The minimum absolute atomic E-state index is 0.284. The van der Waals surface area contributed by atoms with Crippen molar-refractivity contribution in [3.05, 3.63) is 59.4 Å². The fourth-order valence-electron chi connectivity index (χ4n) is 6.14. The molecule has 2 aromatic carbocycles. The zero-order valence-electron chi connectivity index (χ0n) is 16.8. The molecule has 3 heterocycles. The smallest absolute Gasteiger partial charge is 0.117 e. The van der Waals surface area contributed by atoms with Gasteiger partial charge in [0.15, 0.2) is 0 Å². The third kappa shape index (κ3) is 1.97. The van der Waals surface area contributed by atoms with Crippen molar-refractivity contribution in [2.75, 3.05) is 4.90 Å². The van der Waals surface area contributed by atoms with E-state index in [9.17, 15) is 0 Å². The molecular formula is C25H27N3. The standard InChI is InChI=1S/C25H27N3/c1-17-12-13-21-23(26-22-11-8-16-27(21)22)24(17)28-18(2)25(14-6-3-7-15-25)19-9-4-5-10-20(19)28/h4-5,8-10,12-13,16,18H,3,6-7,11,14-15H2,1-2H3. The number of benzene rings is 2. The summed E-state index contributed by atoms with van der Waals surface area (Å²) in [5, 5.41) is 0. The predicted octanol–water partition coefficient (Wildman–Crippen LogP) is 6.11. The molecule has 1 aliphatic carbocycles. The van der Waals surface area contributed by atoms with Crippen molar-refractivity contribution < 1.29 is 0 Å². The lowest BCUT2D eigenvalue weighted by molar-refractivity contribution is 0.268. The quantitative estimate of drug-likeness (QED) is 0.516. The molecule has 1 atom stereocenters. The van der Waals surface area contributed by atoms with Gasteiger partial charge < -0.3 is 9.47 Å². The number of aromatic nitrogens is 2. The van der Waals surface area contributed by atoms with Gasteiger partial charge in [-0.25, -0.2) is 4.98 Å². The highest BCUT2D eigenvalue weighted by molar-refractivity contribution is 5.96.